The summed E-state index contributed by atoms with van der Waals surface area (Å²) in [7, 11) is -2.90. The normalized spacial score (nSPS) is 30.6. The topological polar surface area (TPSA) is 78.9 Å². The number of rotatable bonds is 4. The molecule has 1 rings (SSSR count). The molecular formula is C6H10O6S. The Balaban J connectivity index is 2.41. The van der Waals surface area contributed by atoms with E-state index in [4.69, 9.17) is 9.47 Å². The maximum atomic E-state index is 10.2. The van der Waals surface area contributed by atoms with Crippen LogP contribution < -0.4 is 0 Å². The molecule has 0 saturated carbocycles. The molecule has 1 aliphatic heterocycles. The molecule has 0 spiro atoms. The van der Waals surface area contributed by atoms with Gasteiger partial charge in [0.15, 0.2) is 6.29 Å². The van der Waals surface area contributed by atoms with Crippen molar-refractivity contribution < 1.29 is 26.9 Å². The minimum atomic E-state index is -2.90. The fraction of sp³-hybridized carbons (Fsp3) is 0.833. The number of carbonyl (C=O) groups excluding carboxylic acids is 1. The molecule has 1 fully saturated rings. The SMILES string of the molecule is CC(O[SH](=O)=O)C1COC(C=O)O1. The highest BCUT2D eigenvalue weighted by atomic mass is 32.2. The molecule has 0 amide bonds. The van der Waals surface area contributed by atoms with Crippen molar-refractivity contribution in [3.8, 4) is 0 Å². The first-order chi connectivity index (χ1) is 6.13. The summed E-state index contributed by atoms with van der Waals surface area (Å²) in [4.78, 5) is 10.2. The summed E-state index contributed by atoms with van der Waals surface area (Å²) in [6.07, 6.45) is -1.54. The lowest BCUT2D eigenvalue weighted by atomic mass is 10.2. The van der Waals surface area contributed by atoms with E-state index in [1.807, 2.05) is 0 Å². The van der Waals surface area contributed by atoms with Gasteiger partial charge in [-0.25, -0.2) is 8.42 Å². The van der Waals surface area contributed by atoms with Crippen LogP contribution in [-0.2, 0) is 29.4 Å². The Labute approximate surface area is 76.9 Å². The second-order valence-electron chi connectivity index (χ2n) is 2.55. The van der Waals surface area contributed by atoms with Gasteiger partial charge in [-0.05, 0) is 6.92 Å². The lowest BCUT2D eigenvalue weighted by Gasteiger charge is -2.13. The number of thiol groups is 1. The first-order valence-electron chi connectivity index (χ1n) is 3.67. The Hall–Kier alpha value is -0.500. The molecule has 3 unspecified atom stereocenters. The summed E-state index contributed by atoms with van der Waals surface area (Å²) in [5.41, 5.74) is 0. The fourth-order valence-corrected chi connectivity index (χ4v) is 1.37. The van der Waals surface area contributed by atoms with E-state index in [-0.39, 0.29) is 6.61 Å². The van der Waals surface area contributed by atoms with Crippen LogP contribution in [-0.4, -0.2) is 39.8 Å². The molecule has 1 heterocycles. The van der Waals surface area contributed by atoms with Crippen LogP contribution in [0, 0.1) is 0 Å². The van der Waals surface area contributed by atoms with Crippen LogP contribution in [0.4, 0.5) is 0 Å². The molecular weight excluding hydrogens is 200 g/mol. The second-order valence-corrected chi connectivity index (χ2v) is 3.20. The van der Waals surface area contributed by atoms with E-state index in [1.165, 1.54) is 6.92 Å². The molecule has 0 aromatic carbocycles. The summed E-state index contributed by atoms with van der Waals surface area (Å²) in [5.74, 6) is 0. The van der Waals surface area contributed by atoms with E-state index in [2.05, 4.69) is 4.18 Å². The molecule has 13 heavy (non-hydrogen) atoms. The van der Waals surface area contributed by atoms with Crippen molar-refractivity contribution >= 4 is 17.3 Å². The van der Waals surface area contributed by atoms with Crippen molar-refractivity contribution in [2.75, 3.05) is 6.61 Å². The molecule has 7 heteroatoms. The van der Waals surface area contributed by atoms with Gasteiger partial charge in [0.2, 0.25) is 6.29 Å². The Bertz CT molecular complexity index is 242. The third-order valence-electron chi connectivity index (χ3n) is 1.62. The number of ether oxygens (including phenoxy) is 2. The van der Waals surface area contributed by atoms with Gasteiger partial charge in [-0.1, -0.05) is 0 Å². The largest absolute Gasteiger partial charge is 0.343 e. The highest BCUT2D eigenvalue weighted by molar-refractivity contribution is 7.67. The van der Waals surface area contributed by atoms with Crippen molar-refractivity contribution in [1.29, 1.82) is 0 Å². The predicted molar refractivity (Wildman–Crippen MR) is 41.5 cm³/mol. The zero-order valence-corrected chi connectivity index (χ0v) is 7.81. The number of hydrogen-bond acceptors (Lipinski definition) is 6. The minimum absolute atomic E-state index is 0.160. The maximum absolute atomic E-state index is 10.2. The van der Waals surface area contributed by atoms with Gasteiger partial charge in [0.05, 0.1) is 6.61 Å². The van der Waals surface area contributed by atoms with Crippen LogP contribution in [0.3, 0.4) is 0 Å². The van der Waals surface area contributed by atoms with Crippen molar-refractivity contribution in [2.45, 2.75) is 25.4 Å². The molecule has 0 aliphatic carbocycles. The molecule has 0 radical (unpaired) electrons. The minimum Gasteiger partial charge on any atom is -0.343 e. The zero-order chi connectivity index (χ0) is 9.84. The van der Waals surface area contributed by atoms with E-state index < -0.39 is 29.5 Å². The van der Waals surface area contributed by atoms with Crippen LogP contribution in [0.5, 0.6) is 0 Å². The maximum Gasteiger partial charge on any atom is 0.257 e. The van der Waals surface area contributed by atoms with Crippen LogP contribution in [0.15, 0.2) is 0 Å². The average Bonchev–Trinajstić information content (AvgIpc) is 2.50. The number of carbonyl (C=O) groups is 1. The van der Waals surface area contributed by atoms with Crippen molar-refractivity contribution in [2.24, 2.45) is 0 Å². The van der Waals surface area contributed by atoms with Crippen molar-refractivity contribution in [3.05, 3.63) is 0 Å². The van der Waals surface area contributed by atoms with Gasteiger partial charge in [-0.2, -0.15) is 0 Å². The summed E-state index contributed by atoms with van der Waals surface area (Å²) in [5, 5.41) is 0. The van der Waals surface area contributed by atoms with Gasteiger partial charge in [0.1, 0.15) is 12.2 Å². The van der Waals surface area contributed by atoms with E-state index in [9.17, 15) is 13.2 Å². The predicted octanol–water partition coefficient (Wildman–Crippen LogP) is -1.14. The van der Waals surface area contributed by atoms with Gasteiger partial charge in [-0.15, -0.1) is 0 Å². The molecule has 0 aromatic heterocycles. The summed E-state index contributed by atoms with van der Waals surface area (Å²) in [6, 6.07) is 0. The Kier molecular flexibility index (Phi) is 3.79. The molecule has 0 bridgehead atoms. The lowest BCUT2D eigenvalue weighted by Crippen LogP contribution is -2.28. The highest BCUT2D eigenvalue weighted by Gasteiger charge is 2.30. The fourth-order valence-electron chi connectivity index (χ4n) is 0.962. The molecule has 1 saturated heterocycles. The van der Waals surface area contributed by atoms with Crippen molar-refractivity contribution in [1.82, 2.24) is 0 Å². The third-order valence-corrected chi connectivity index (χ3v) is 2.13. The van der Waals surface area contributed by atoms with E-state index in [0.29, 0.717) is 6.29 Å². The first-order valence-corrected chi connectivity index (χ1v) is 4.76. The molecule has 76 valence electrons. The first kappa shape index (κ1) is 10.6. The molecule has 0 N–H and O–H groups in total. The quantitative estimate of drug-likeness (QED) is 0.466. The van der Waals surface area contributed by atoms with Crippen LogP contribution >= 0.6 is 0 Å². The number of hydrogen-bond donors (Lipinski definition) is 1. The van der Waals surface area contributed by atoms with Gasteiger partial charge >= 0.3 is 0 Å². The van der Waals surface area contributed by atoms with Gasteiger partial charge in [0.25, 0.3) is 11.0 Å². The Morgan fingerprint density at radius 1 is 1.62 bits per heavy atom. The van der Waals surface area contributed by atoms with Crippen LogP contribution in [0.1, 0.15) is 6.92 Å². The van der Waals surface area contributed by atoms with E-state index in [0.717, 1.165) is 0 Å². The Morgan fingerprint density at radius 2 is 2.31 bits per heavy atom. The third kappa shape index (κ3) is 3.03. The number of aldehydes is 1. The Morgan fingerprint density at radius 3 is 2.77 bits per heavy atom. The summed E-state index contributed by atoms with van der Waals surface area (Å²) >= 11 is 0. The van der Waals surface area contributed by atoms with Gasteiger partial charge in [0, 0.05) is 0 Å². The second kappa shape index (κ2) is 4.66. The molecule has 1 aliphatic rings. The van der Waals surface area contributed by atoms with E-state index >= 15 is 0 Å². The molecule has 6 nitrogen and oxygen atoms in total. The zero-order valence-electron chi connectivity index (χ0n) is 6.91. The molecule has 3 atom stereocenters. The standard InChI is InChI=1S/C6H10O6S/c1-4(12-13(8)9)5-3-10-6(2-7)11-5/h2,4-6,13H,3H2,1H3. The van der Waals surface area contributed by atoms with Gasteiger partial charge in [-0.3, -0.25) is 8.98 Å². The van der Waals surface area contributed by atoms with Crippen LogP contribution in [0.2, 0.25) is 0 Å². The summed E-state index contributed by atoms with van der Waals surface area (Å²) < 4.78 is 34.6. The highest BCUT2D eigenvalue weighted by Crippen LogP contribution is 2.15. The summed E-state index contributed by atoms with van der Waals surface area (Å²) in [6.45, 7) is 1.69. The monoisotopic (exact) mass is 210 g/mol. The smallest absolute Gasteiger partial charge is 0.257 e. The molecule has 0 aromatic rings. The lowest BCUT2D eigenvalue weighted by molar-refractivity contribution is -0.134. The van der Waals surface area contributed by atoms with Gasteiger partial charge < -0.3 is 9.47 Å². The average molecular weight is 210 g/mol. The van der Waals surface area contributed by atoms with Crippen molar-refractivity contribution in [3.63, 3.8) is 0 Å². The van der Waals surface area contributed by atoms with E-state index in [1.54, 1.807) is 0 Å². The van der Waals surface area contributed by atoms with Crippen LogP contribution in [0.25, 0.3) is 0 Å².